The highest BCUT2D eigenvalue weighted by Gasteiger charge is 2.21. The topological polar surface area (TPSA) is 118 Å². The van der Waals surface area contributed by atoms with Crippen LogP contribution in [0.1, 0.15) is 90.3 Å². The Hall–Kier alpha value is -2.26. The first-order valence-corrected chi connectivity index (χ1v) is 13.1. The van der Waals surface area contributed by atoms with Crippen LogP contribution in [0, 0.1) is 0 Å². The Morgan fingerprint density at radius 3 is 2.27 bits per heavy atom. The van der Waals surface area contributed by atoms with Gasteiger partial charge in [-0.05, 0) is 25.8 Å². The second-order valence-corrected chi connectivity index (χ2v) is 8.13. The van der Waals surface area contributed by atoms with E-state index >= 15 is 0 Å². The van der Waals surface area contributed by atoms with Gasteiger partial charge in [-0.25, -0.2) is 15.0 Å². The maximum atomic E-state index is 11.3. The van der Waals surface area contributed by atoms with Crippen molar-refractivity contribution in [1.29, 1.82) is 0 Å². The molecule has 8 nitrogen and oxygen atoms in total. The molecule has 1 saturated carbocycles. The Morgan fingerprint density at radius 1 is 1.09 bits per heavy atom. The molecule has 1 fully saturated rings. The van der Waals surface area contributed by atoms with Gasteiger partial charge < -0.3 is 21.7 Å². The molecule has 0 aliphatic heterocycles. The maximum Gasteiger partial charge on any atom is 0.219 e. The molecular formula is C24H45N7OS. The van der Waals surface area contributed by atoms with E-state index < -0.39 is 0 Å². The van der Waals surface area contributed by atoms with Crippen molar-refractivity contribution in [2.45, 2.75) is 86.0 Å². The minimum Gasteiger partial charge on any atom is -0.368 e. The van der Waals surface area contributed by atoms with Gasteiger partial charge >= 0.3 is 0 Å². The third kappa shape index (κ3) is 12.0. The van der Waals surface area contributed by atoms with Gasteiger partial charge in [-0.1, -0.05) is 54.4 Å². The van der Waals surface area contributed by atoms with Crippen molar-refractivity contribution in [1.82, 2.24) is 20.3 Å². The third-order valence-corrected chi connectivity index (χ3v) is 5.50. The monoisotopic (exact) mass is 479 g/mol. The largest absolute Gasteiger partial charge is 0.368 e. The van der Waals surface area contributed by atoms with E-state index in [2.05, 4.69) is 50.5 Å². The maximum absolute atomic E-state index is 11.3. The highest BCUT2D eigenvalue weighted by Crippen LogP contribution is 2.40. The summed E-state index contributed by atoms with van der Waals surface area (Å²) in [6.45, 7) is 13.3. The lowest BCUT2D eigenvalue weighted by molar-refractivity contribution is -0.120. The first-order valence-electron chi connectivity index (χ1n) is 12.3. The van der Waals surface area contributed by atoms with E-state index in [0.717, 1.165) is 29.0 Å². The van der Waals surface area contributed by atoms with Crippen molar-refractivity contribution >= 4 is 34.0 Å². The number of carbonyl (C=O) groups is 1. The van der Waals surface area contributed by atoms with Crippen LogP contribution in [0.2, 0.25) is 0 Å². The van der Waals surface area contributed by atoms with Crippen LogP contribution in [-0.2, 0) is 11.2 Å². The molecule has 0 saturated heterocycles. The third-order valence-electron chi connectivity index (χ3n) is 4.43. The Labute approximate surface area is 204 Å². The molecule has 5 N–H and O–H groups in total. The highest BCUT2D eigenvalue weighted by atomic mass is 32.1. The summed E-state index contributed by atoms with van der Waals surface area (Å²) in [6, 6.07) is 1.88. The molecule has 3 rings (SSSR count). The quantitative estimate of drug-likeness (QED) is 0.353. The summed E-state index contributed by atoms with van der Waals surface area (Å²) in [5.41, 5.74) is 4.50. The smallest absolute Gasteiger partial charge is 0.219 e. The van der Waals surface area contributed by atoms with Crippen LogP contribution >= 0.6 is 11.3 Å². The van der Waals surface area contributed by atoms with Gasteiger partial charge in [0, 0.05) is 43.1 Å². The van der Waals surface area contributed by atoms with Crippen molar-refractivity contribution in [3.63, 3.8) is 0 Å². The number of nitrogens with one attached hydrogen (secondary N) is 3. The summed E-state index contributed by atoms with van der Waals surface area (Å²) < 4.78 is 0. The van der Waals surface area contributed by atoms with E-state index in [1.807, 2.05) is 40.0 Å². The number of hydrogen-bond donors (Lipinski definition) is 4. The van der Waals surface area contributed by atoms with E-state index in [-0.39, 0.29) is 5.91 Å². The van der Waals surface area contributed by atoms with Crippen LogP contribution in [0.5, 0.6) is 0 Å². The summed E-state index contributed by atoms with van der Waals surface area (Å²) >= 11 is 1.71. The van der Waals surface area contributed by atoms with Crippen molar-refractivity contribution in [2.75, 3.05) is 30.8 Å². The molecule has 33 heavy (non-hydrogen) atoms. The SMILES string of the molecule is CC.CCC.CCC(=O)NCCNc1cc(Nc2ncc(C3CCC3)s2)nc(CC)n1.CN. The number of aryl methyl sites for hydroxylation is 1. The van der Waals surface area contributed by atoms with Gasteiger partial charge in [0.1, 0.15) is 17.5 Å². The van der Waals surface area contributed by atoms with Gasteiger partial charge in [0.25, 0.3) is 0 Å². The van der Waals surface area contributed by atoms with Crippen LogP contribution in [0.15, 0.2) is 12.3 Å². The van der Waals surface area contributed by atoms with E-state index in [1.54, 1.807) is 11.3 Å². The Bertz CT molecular complexity index is 763. The predicted octanol–water partition coefficient (Wildman–Crippen LogP) is 5.46. The normalized spacial score (nSPS) is 11.9. The summed E-state index contributed by atoms with van der Waals surface area (Å²) in [5, 5.41) is 10.3. The standard InChI is InChI=1S/C18H26N6OS.C3H8.C2H6.CH5N/c1-3-14-22-15(19-8-9-20-17(25)4-2)10-16(23-14)24-18-21-11-13(26-18)12-6-5-7-12;1-3-2;2*1-2/h10-12H,3-9H2,1-2H3,(H,20,25)(H2,19,21,22,23,24);3H2,1-2H3;1-2H3;2H2,1H3. The molecule has 2 aromatic heterocycles. The fraction of sp³-hybridized carbons (Fsp3) is 0.667. The highest BCUT2D eigenvalue weighted by molar-refractivity contribution is 7.15. The number of amides is 1. The zero-order valence-electron chi connectivity index (χ0n) is 21.6. The minimum absolute atomic E-state index is 0.0529. The second-order valence-electron chi connectivity index (χ2n) is 7.07. The molecule has 0 aromatic carbocycles. The average Bonchev–Trinajstić information content (AvgIpc) is 3.25. The molecule has 0 bridgehead atoms. The number of carbonyl (C=O) groups excluding carboxylic acids is 1. The second kappa shape index (κ2) is 19.2. The molecule has 9 heteroatoms. The lowest BCUT2D eigenvalue weighted by Gasteiger charge is -2.23. The van der Waals surface area contributed by atoms with Crippen molar-refractivity contribution in [2.24, 2.45) is 5.73 Å². The predicted molar refractivity (Wildman–Crippen MR) is 143 cm³/mol. The lowest BCUT2D eigenvalue weighted by Crippen LogP contribution is -2.28. The molecule has 0 radical (unpaired) electrons. The fourth-order valence-corrected chi connectivity index (χ4v) is 3.65. The Morgan fingerprint density at radius 2 is 1.73 bits per heavy atom. The molecule has 0 atom stereocenters. The van der Waals surface area contributed by atoms with Crippen LogP contribution in [-0.4, -0.2) is 41.0 Å². The summed E-state index contributed by atoms with van der Waals surface area (Å²) in [5.74, 6) is 3.01. The van der Waals surface area contributed by atoms with Gasteiger partial charge in [-0.2, -0.15) is 0 Å². The lowest BCUT2D eigenvalue weighted by atomic mass is 9.85. The van der Waals surface area contributed by atoms with Gasteiger partial charge in [0.15, 0.2) is 5.13 Å². The van der Waals surface area contributed by atoms with Crippen LogP contribution < -0.4 is 21.7 Å². The molecule has 2 aromatic rings. The molecule has 0 unspecified atom stereocenters. The zero-order chi connectivity index (χ0) is 25.1. The number of hydrogen-bond acceptors (Lipinski definition) is 8. The molecule has 1 aliphatic carbocycles. The average molecular weight is 480 g/mol. The van der Waals surface area contributed by atoms with E-state index in [9.17, 15) is 4.79 Å². The fourth-order valence-electron chi connectivity index (χ4n) is 2.66. The van der Waals surface area contributed by atoms with Crippen LogP contribution in [0.4, 0.5) is 16.8 Å². The van der Waals surface area contributed by atoms with Gasteiger partial charge in [0.05, 0.1) is 0 Å². The summed E-state index contributed by atoms with van der Waals surface area (Å²) in [4.78, 5) is 26.1. The zero-order valence-corrected chi connectivity index (χ0v) is 22.4. The molecule has 1 amide bonds. The molecule has 2 heterocycles. The van der Waals surface area contributed by atoms with E-state index in [4.69, 9.17) is 0 Å². The molecular weight excluding hydrogens is 434 g/mol. The number of anilines is 3. The molecule has 188 valence electrons. The summed E-state index contributed by atoms with van der Waals surface area (Å²) in [7, 11) is 1.50. The van der Waals surface area contributed by atoms with E-state index in [0.29, 0.717) is 25.4 Å². The van der Waals surface area contributed by atoms with Gasteiger partial charge in [-0.15, -0.1) is 11.3 Å². The molecule has 0 spiro atoms. The Kier molecular flexibility index (Phi) is 17.9. The number of thiazole rings is 1. The number of nitrogens with zero attached hydrogens (tertiary/aromatic N) is 3. The first-order chi connectivity index (χ1) is 16.1. The van der Waals surface area contributed by atoms with Crippen molar-refractivity contribution in [3.8, 4) is 0 Å². The van der Waals surface area contributed by atoms with Crippen LogP contribution in [0.3, 0.4) is 0 Å². The number of aromatic nitrogens is 3. The summed E-state index contributed by atoms with van der Waals surface area (Å²) in [6.07, 6.45) is 8.36. The van der Waals surface area contributed by atoms with Gasteiger partial charge in [-0.3, -0.25) is 4.79 Å². The number of rotatable bonds is 9. The minimum atomic E-state index is 0.0529. The van der Waals surface area contributed by atoms with Crippen LogP contribution in [0.25, 0.3) is 0 Å². The van der Waals surface area contributed by atoms with Crippen molar-refractivity contribution in [3.05, 3.63) is 23.0 Å². The van der Waals surface area contributed by atoms with Crippen molar-refractivity contribution < 1.29 is 4.79 Å². The Balaban J connectivity index is 0.00000132. The van der Waals surface area contributed by atoms with E-state index in [1.165, 1.54) is 37.6 Å². The number of nitrogens with two attached hydrogens (primary N) is 1. The molecule has 1 aliphatic rings. The van der Waals surface area contributed by atoms with Gasteiger partial charge in [0.2, 0.25) is 5.91 Å². The first kappa shape index (κ1) is 30.7.